The molecule has 0 aromatic carbocycles. The van der Waals surface area contributed by atoms with Crippen molar-refractivity contribution in [1.29, 1.82) is 0 Å². The molecule has 9 nitrogen and oxygen atoms in total. The zero-order valence-electron chi connectivity index (χ0n) is 12.6. The minimum absolute atomic E-state index is 0.0597. The largest absolute Gasteiger partial charge is 0.469 e. The van der Waals surface area contributed by atoms with E-state index in [-0.39, 0.29) is 6.61 Å². The zero-order chi connectivity index (χ0) is 16.2. The highest BCUT2D eigenvalue weighted by Crippen LogP contribution is 2.35. The molecule has 0 radical (unpaired) electrons. The van der Waals surface area contributed by atoms with Gasteiger partial charge < -0.3 is 15.1 Å². The van der Waals surface area contributed by atoms with Crippen LogP contribution in [0.2, 0.25) is 0 Å². The van der Waals surface area contributed by atoms with E-state index in [1.54, 1.807) is 17.8 Å². The van der Waals surface area contributed by atoms with Gasteiger partial charge in [-0.1, -0.05) is 6.42 Å². The second-order valence-electron chi connectivity index (χ2n) is 4.88. The van der Waals surface area contributed by atoms with Gasteiger partial charge in [0.25, 0.3) is 0 Å². The van der Waals surface area contributed by atoms with Crippen LogP contribution < -0.4 is 5.32 Å². The highest BCUT2D eigenvalue weighted by atomic mass is 31.2. The standard InChI is InChI=1S/C12H20N5O4P/c1-9-15-11-10(8-14-17(11)12(13-2)16-9)6-4-3-5-7-21-22(18,19)20/h8H,3-7H2,1-2H3,(H,13,15,16)(H2,18,19,20). The Bertz CT molecular complexity index is 683. The molecule has 2 heterocycles. The lowest BCUT2D eigenvalue weighted by atomic mass is 10.1. The van der Waals surface area contributed by atoms with Crippen LogP contribution in [0.1, 0.15) is 30.7 Å². The van der Waals surface area contributed by atoms with E-state index in [1.807, 2.05) is 6.92 Å². The molecule has 122 valence electrons. The fourth-order valence-corrected chi connectivity index (χ4v) is 2.51. The van der Waals surface area contributed by atoms with Crippen LogP contribution in [0, 0.1) is 6.92 Å². The van der Waals surface area contributed by atoms with E-state index in [0.717, 1.165) is 30.5 Å². The highest BCUT2D eigenvalue weighted by molar-refractivity contribution is 7.46. The van der Waals surface area contributed by atoms with E-state index in [9.17, 15) is 4.57 Å². The van der Waals surface area contributed by atoms with Crippen LogP contribution in [-0.4, -0.2) is 43.0 Å². The molecule has 3 N–H and O–H groups in total. The monoisotopic (exact) mass is 329 g/mol. The molecule has 10 heteroatoms. The summed E-state index contributed by atoms with van der Waals surface area (Å²) in [4.78, 5) is 25.8. The summed E-state index contributed by atoms with van der Waals surface area (Å²) in [6.45, 7) is 1.89. The summed E-state index contributed by atoms with van der Waals surface area (Å²) in [7, 11) is -2.57. The van der Waals surface area contributed by atoms with Gasteiger partial charge >= 0.3 is 7.82 Å². The number of nitrogens with zero attached hydrogens (tertiary/aromatic N) is 4. The number of anilines is 1. The summed E-state index contributed by atoms with van der Waals surface area (Å²) in [5.41, 5.74) is 1.81. The molecular weight excluding hydrogens is 309 g/mol. The van der Waals surface area contributed by atoms with Crippen molar-refractivity contribution >= 4 is 19.4 Å². The summed E-state index contributed by atoms with van der Waals surface area (Å²) in [5.74, 6) is 1.32. The Labute approximate surface area is 128 Å². The Morgan fingerprint density at radius 2 is 2.09 bits per heavy atom. The van der Waals surface area contributed by atoms with E-state index in [1.165, 1.54) is 0 Å². The number of hydrogen-bond donors (Lipinski definition) is 3. The van der Waals surface area contributed by atoms with Crippen LogP contribution in [0.15, 0.2) is 6.20 Å². The maximum absolute atomic E-state index is 10.5. The quantitative estimate of drug-likeness (QED) is 0.489. The van der Waals surface area contributed by atoms with Gasteiger partial charge in [0.15, 0.2) is 5.65 Å². The second-order valence-corrected chi connectivity index (χ2v) is 6.12. The molecule has 0 saturated carbocycles. The Balaban J connectivity index is 1.90. The first-order valence-corrected chi connectivity index (χ1v) is 8.53. The van der Waals surface area contributed by atoms with Gasteiger partial charge in [0.1, 0.15) is 5.82 Å². The van der Waals surface area contributed by atoms with E-state index in [4.69, 9.17) is 9.79 Å². The maximum atomic E-state index is 10.5. The normalized spacial score (nSPS) is 12.0. The van der Waals surface area contributed by atoms with Crippen molar-refractivity contribution < 1.29 is 18.9 Å². The molecule has 0 spiro atoms. The van der Waals surface area contributed by atoms with Gasteiger partial charge in [-0.05, 0) is 26.2 Å². The third kappa shape index (κ3) is 4.48. The molecule has 22 heavy (non-hydrogen) atoms. The first kappa shape index (κ1) is 16.8. The fraction of sp³-hybridized carbons (Fsp3) is 0.583. The number of aromatic nitrogens is 4. The molecule has 0 amide bonds. The molecule has 0 atom stereocenters. The number of phosphoric acid groups is 1. The van der Waals surface area contributed by atoms with E-state index in [2.05, 4.69) is 24.9 Å². The molecule has 2 aromatic rings. The molecule has 0 aliphatic rings. The Hall–Kier alpha value is -1.54. The summed E-state index contributed by atoms with van der Waals surface area (Å²) in [6.07, 6.45) is 4.83. The van der Waals surface area contributed by atoms with Gasteiger partial charge in [0, 0.05) is 12.6 Å². The number of phosphoric ester groups is 1. The third-order valence-electron chi connectivity index (χ3n) is 3.13. The molecule has 2 aromatic heterocycles. The molecular formula is C12H20N5O4P. The van der Waals surface area contributed by atoms with E-state index < -0.39 is 7.82 Å². The van der Waals surface area contributed by atoms with Crippen molar-refractivity contribution in [2.24, 2.45) is 0 Å². The minimum Gasteiger partial charge on any atom is -0.357 e. The van der Waals surface area contributed by atoms with Crippen molar-refractivity contribution in [3.8, 4) is 0 Å². The molecule has 2 rings (SSSR count). The van der Waals surface area contributed by atoms with Gasteiger partial charge in [-0.25, -0.2) is 9.55 Å². The average molecular weight is 329 g/mol. The van der Waals surface area contributed by atoms with E-state index >= 15 is 0 Å². The smallest absolute Gasteiger partial charge is 0.357 e. The van der Waals surface area contributed by atoms with Gasteiger partial charge in [0.05, 0.1) is 12.8 Å². The first-order valence-electron chi connectivity index (χ1n) is 7.00. The molecule has 0 fully saturated rings. The Morgan fingerprint density at radius 3 is 2.77 bits per heavy atom. The number of nitrogens with one attached hydrogen (secondary N) is 1. The number of unbranched alkanes of at least 4 members (excludes halogenated alkanes) is 2. The summed E-state index contributed by atoms with van der Waals surface area (Å²) in [6, 6.07) is 0. The van der Waals surface area contributed by atoms with Gasteiger partial charge in [0.2, 0.25) is 5.95 Å². The average Bonchev–Trinajstić information content (AvgIpc) is 2.83. The SMILES string of the molecule is CNc1nc(C)nc2c(CCCCCOP(=O)(O)O)cnn12. The van der Waals surface area contributed by atoms with Crippen LogP contribution in [0.5, 0.6) is 0 Å². The number of rotatable bonds is 8. The Kier molecular flexibility index (Phi) is 5.47. The molecule has 0 aliphatic carbocycles. The zero-order valence-corrected chi connectivity index (χ0v) is 13.5. The van der Waals surface area contributed by atoms with Crippen molar-refractivity contribution in [2.45, 2.75) is 32.6 Å². The molecule has 0 aliphatic heterocycles. The van der Waals surface area contributed by atoms with Crippen LogP contribution in [0.25, 0.3) is 5.65 Å². The lowest BCUT2D eigenvalue weighted by molar-refractivity contribution is 0.193. The summed E-state index contributed by atoms with van der Waals surface area (Å²) < 4.78 is 16.6. The third-order valence-corrected chi connectivity index (χ3v) is 3.65. The van der Waals surface area contributed by atoms with Crippen LogP contribution in [0.3, 0.4) is 0 Å². The summed E-state index contributed by atoms with van der Waals surface area (Å²) in [5, 5.41) is 7.26. The molecule has 0 saturated heterocycles. The number of aryl methyl sites for hydroxylation is 2. The number of hydrogen-bond acceptors (Lipinski definition) is 6. The second kappa shape index (κ2) is 7.15. The lowest BCUT2D eigenvalue weighted by Crippen LogP contribution is -2.06. The molecule has 0 unspecified atom stereocenters. The van der Waals surface area contributed by atoms with Crippen LogP contribution in [-0.2, 0) is 15.5 Å². The minimum atomic E-state index is -4.35. The highest BCUT2D eigenvalue weighted by Gasteiger charge is 2.13. The fourth-order valence-electron chi connectivity index (χ4n) is 2.14. The maximum Gasteiger partial charge on any atom is 0.469 e. The first-order chi connectivity index (χ1) is 10.4. The summed E-state index contributed by atoms with van der Waals surface area (Å²) >= 11 is 0. The van der Waals surface area contributed by atoms with Crippen molar-refractivity contribution in [1.82, 2.24) is 19.6 Å². The van der Waals surface area contributed by atoms with Gasteiger partial charge in [-0.3, -0.25) is 4.52 Å². The van der Waals surface area contributed by atoms with E-state index in [0.29, 0.717) is 18.2 Å². The van der Waals surface area contributed by atoms with Crippen LogP contribution in [0.4, 0.5) is 5.95 Å². The van der Waals surface area contributed by atoms with Gasteiger partial charge in [-0.2, -0.15) is 14.6 Å². The predicted molar refractivity (Wildman–Crippen MR) is 80.6 cm³/mol. The van der Waals surface area contributed by atoms with Crippen LogP contribution >= 0.6 is 7.82 Å². The Morgan fingerprint density at radius 1 is 1.32 bits per heavy atom. The van der Waals surface area contributed by atoms with Crippen molar-refractivity contribution in [3.63, 3.8) is 0 Å². The predicted octanol–water partition coefficient (Wildman–Crippen LogP) is 1.30. The van der Waals surface area contributed by atoms with Gasteiger partial charge in [-0.15, -0.1) is 0 Å². The molecule has 0 bridgehead atoms. The number of fused-ring (bicyclic) bond motifs is 1. The topological polar surface area (TPSA) is 122 Å². The van der Waals surface area contributed by atoms with Crippen molar-refractivity contribution in [3.05, 3.63) is 17.6 Å². The van der Waals surface area contributed by atoms with Crippen molar-refractivity contribution in [2.75, 3.05) is 19.0 Å². The lowest BCUT2D eigenvalue weighted by Gasteiger charge is -2.05.